The van der Waals surface area contributed by atoms with Crippen LogP contribution in [0.5, 0.6) is 0 Å². The fourth-order valence-electron chi connectivity index (χ4n) is 3.27. The van der Waals surface area contributed by atoms with E-state index in [1.165, 1.54) is 28.2 Å². The number of rotatable bonds is 5. The third kappa shape index (κ3) is 3.54. The lowest BCUT2D eigenvalue weighted by molar-refractivity contribution is 0.293. The third-order valence-corrected chi connectivity index (χ3v) is 5.51. The summed E-state index contributed by atoms with van der Waals surface area (Å²) in [5, 5.41) is 7.20. The number of benzene rings is 1. The zero-order valence-corrected chi connectivity index (χ0v) is 13.5. The van der Waals surface area contributed by atoms with Crippen LogP contribution in [0.3, 0.4) is 0 Å². The molecular weight excluding hydrogens is 276 g/mol. The highest BCUT2D eigenvalue weighted by Gasteiger charge is 2.33. The Balaban J connectivity index is 1.68. The first kappa shape index (κ1) is 14.8. The van der Waals surface area contributed by atoms with E-state index in [-0.39, 0.29) is 0 Å². The molecule has 0 saturated carbocycles. The van der Waals surface area contributed by atoms with E-state index in [9.17, 15) is 0 Å². The molecule has 1 aromatic heterocycles. The molecule has 0 amide bonds. The van der Waals surface area contributed by atoms with Gasteiger partial charge in [0.25, 0.3) is 0 Å². The van der Waals surface area contributed by atoms with Crippen LogP contribution in [0.25, 0.3) is 0 Å². The van der Waals surface area contributed by atoms with Crippen LogP contribution in [0.2, 0.25) is 0 Å². The van der Waals surface area contributed by atoms with E-state index in [0.717, 1.165) is 26.2 Å². The average Bonchev–Trinajstić information content (AvgIpc) is 2.95. The maximum absolute atomic E-state index is 3.71. The maximum atomic E-state index is 3.71. The molecule has 112 valence electrons. The molecule has 2 heterocycles. The van der Waals surface area contributed by atoms with Crippen LogP contribution in [-0.2, 0) is 12.0 Å². The van der Waals surface area contributed by atoms with Crippen LogP contribution in [0.4, 0.5) is 0 Å². The number of nitrogens with one attached hydrogen (secondary N) is 2. The summed E-state index contributed by atoms with van der Waals surface area (Å²) in [4.78, 5) is 2.83. The van der Waals surface area contributed by atoms with Gasteiger partial charge in [0.2, 0.25) is 0 Å². The molecule has 1 aromatic carbocycles. The quantitative estimate of drug-likeness (QED) is 0.883. The van der Waals surface area contributed by atoms with Crippen molar-refractivity contribution < 1.29 is 0 Å². The Hall–Kier alpha value is -1.16. The number of piperidine rings is 1. The van der Waals surface area contributed by atoms with Crippen molar-refractivity contribution in [3.63, 3.8) is 0 Å². The minimum absolute atomic E-state index is 0.290. The van der Waals surface area contributed by atoms with Crippen molar-refractivity contribution in [2.75, 3.05) is 19.6 Å². The van der Waals surface area contributed by atoms with Crippen LogP contribution in [0, 0.1) is 6.92 Å². The molecule has 1 fully saturated rings. The molecule has 2 aromatic rings. The van der Waals surface area contributed by atoms with E-state index in [0.29, 0.717) is 5.41 Å². The number of hydrogen-bond donors (Lipinski definition) is 2. The fourth-order valence-corrected chi connectivity index (χ4v) is 4.13. The lowest BCUT2D eigenvalue weighted by Gasteiger charge is -2.38. The Kier molecular flexibility index (Phi) is 4.73. The highest BCUT2D eigenvalue weighted by Crippen LogP contribution is 2.33. The third-order valence-electron chi connectivity index (χ3n) is 4.51. The smallest absolute Gasteiger partial charge is 0.0300 e. The molecule has 1 aliphatic rings. The van der Waals surface area contributed by atoms with Crippen molar-refractivity contribution >= 4 is 11.3 Å². The lowest BCUT2D eigenvalue weighted by atomic mass is 9.73. The standard InChI is InChI=1S/C18H24N2S/c1-15-7-8-17(21-15)13-20-14-18(9-11-19-12-10-18)16-5-3-2-4-6-16/h2-8,19-20H,9-14H2,1H3. The summed E-state index contributed by atoms with van der Waals surface area (Å²) >= 11 is 1.89. The summed E-state index contributed by atoms with van der Waals surface area (Å²) in [6, 6.07) is 15.5. The molecule has 0 atom stereocenters. The Morgan fingerprint density at radius 1 is 1.10 bits per heavy atom. The summed E-state index contributed by atoms with van der Waals surface area (Å²) in [5.41, 5.74) is 1.78. The van der Waals surface area contributed by atoms with Crippen LogP contribution in [0.1, 0.15) is 28.2 Å². The van der Waals surface area contributed by atoms with Crippen molar-refractivity contribution in [3.05, 3.63) is 57.8 Å². The van der Waals surface area contributed by atoms with Gasteiger partial charge in [0.05, 0.1) is 0 Å². The van der Waals surface area contributed by atoms with Gasteiger partial charge in [-0.05, 0) is 50.6 Å². The van der Waals surface area contributed by atoms with Crippen molar-refractivity contribution in [1.82, 2.24) is 10.6 Å². The molecule has 0 unspecified atom stereocenters. The first-order valence-electron chi connectivity index (χ1n) is 7.81. The van der Waals surface area contributed by atoms with Crippen LogP contribution < -0.4 is 10.6 Å². The van der Waals surface area contributed by atoms with E-state index in [1.54, 1.807) is 0 Å². The number of hydrogen-bond acceptors (Lipinski definition) is 3. The Bertz CT molecular complexity index is 556. The van der Waals surface area contributed by atoms with Gasteiger partial charge in [-0.2, -0.15) is 0 Å². The van der Waals surface area contributed by atoms with E-state index >= 15 is 0 Å². The Labute approximate surface area is 131 Å². The highest BCUT2D eigenvalue weighted by molar-refractivity contribution is 7.11. The molecule has 1 saturated heterocycles. The molecule has 1 aliphatic heterocycles. The lowest BCUT2D eigenvalue weighted by Crippen LogP contribution is -2.46. The molecule has 0 radical (unpaired) electrons. The minimum atomic E-state index is 0.290. The summed E-state index contributed by atoms with van der Waals surface area (Å²) in [5.74, 6) is 0. The maximum Gasteiger partial charge on any atom is 0.0300 e. The van der Waals surface area contributed by atoms with Gasteiger partial charge in [-0.25, -0.2) is 0 Å². The molecule has 3 heteroatoms. The van der Waals surface area contributed by atoms with E-state index in [2.05, 4.69) is 60.0 Å². The van der Waals surface area contributed by atoms with Gasteiger partial charge in [0.15, 0.2) is 0 Å². The molecule has 2 N–H and O–H groups in total. The zero-order chi connectivity index (χ0) is 14.5. The molecular formula is C18H24N2S. The Morgan fingerprint density at radius 2 is 1.86 bits per heavy atom. The fraction of sp³-hybridized carbons (Fsp3) is 0.444. The first-order valence-corrected chi connectivity index (χ1v) is 8.62. The van der Waals surface area contributed by atoms with E-state index in [1.807, 2.05) is 11.3 Å². The second kappa shape index (κ2) is 6.73. The van der Waals surface area contributed by atoms with E-state index in [4.69, 9.17) is 0 Å². The minimum Gasteiger partial charge on any atom is -0.317 e. The Morgan fingerprint density at radius 3 is 2.52 bits per heavy atom. The topological polar surface area (TPSA) is 24.1 Å². The summed E-state index contributed by atoms with van der Waals surface area (Å²) < 4.78 is 0. The van der Waals surface area contributed by atoms with Gasteiger partial charge in [0, 0.05) is 28.3 Å². The molecule has 21 heavy (non-hydrogen) atoms. The highest BCUT2D eigenvalue weighted by atomic mass is 32.1. The second-order valence-electron chi connectivity index (χ2n) is 6.01. The van der Waals surface area contributed by atoms with Gasteiger partial charge in [0.1, 0.15) is 0 Å². The van der Waals surface area contributed by atoms with Crippen LogP contribution in [-0.4, -0.2) is 19.6 Å². The second-order valence-corrected chi connectivity index (χ2v) is 7.38. The SMILES string of the molecule is Cc1ccc(CNCC2(c3ccccc3)CCNCC2)s1. The van der Waals surface area contributed by atoms with Crippen LogP contribution in [0.15, 0.2) is 42.5 Å². The molecule has 0 bridgehead atoms. The molecule has 2 nitrogen and oxygen atoms in total. The largest absolute Gasteiger partial charge is 0.317 e. The van der Waals surface area contributed by atoms with E-state index < -0.39 is 0 Å². The summed E-state index contributed by atoms with van der Waals surface area (Å²) in [7, 11) is 0. The van der Waals surface area contributed by atoms with Crippen molar-refractivity contribution in [3.8, 4) is 0 Å². The summed E-state index contributed by atoms with van der Waals surface area (Å²) in [6.45, 7) is 6.46. The van der Waals surface area contributed by atoms with Crippen LogP contribution >= 0.6 is 11.3 Å². The van der Waals surface area contributed by atoms with Crippen molar-refractivity contribution in [1.29, 1.82) is 0 Å². The normalized spacial score (nSPS) is 17.8. The van der Waals surface area contributed by atoms with Crippen molar-refractivity contribution in [2.45, 2.75) is 31.7 Å². The zero-order valence-electron chi connectivity index (χ0n) is 12.7. The molecule has 3 rings (SSSR count). The monoisotopic (exact) mass is 300 g/mol. The van der Waals surface area contributed by atoms with Crippen molar-refractivity contribution in [2.24, 2.45) is 0 Å². The van der Waals surface area contributed by atoms with Gasteiger partial charge in [-0.1, -0.05) is 30.3 Å². The predicted octanol–water partition coefficient (Wildman–Crippen LogP) is 3.47. The van der Waals surface area contributed by atoms with Gasteiger partial charge in [-0.15, -0.1) is 11.3 Å². The first-order chi connectivity index (χ1) is 10.3. The molecule has 0 spiro atoms. The number of aryl methyl sites for hydroxylation is 1. The van der Waals surface area contributed by atoms with Gasteiger partial charge >= 0.3 is 0 Å². The average molecular weight is 300 g/mol. The predicted molar refractivity (Wildman–Crippen MR) is 91.0 cm³/mol. The molecule has 0 aliphatic carbocycles. The van der Waals surface area contributed by atoms with Gasteiger partial charge in [-0.3, -0.25) is 0 Å². The number of thiophene rings is 1. The van der Waals surface area contributed by atoms with Gasteiger partial charge < -0.3 is 10.6 Å². The summed E-state index contributed by atoms with van der Waals surface area (Å²) in [6.07, 6.45) is 2.43.